The molecule has 0 atom stereocenters. The third kappa shape index (κ3) is 2.81. The van der Waals surface area contributed by atoms with Gasteiger partial charge in [-0.05, 0) is 24.0 Å². The molecule has 0 radical (unpaired) electrons. The highest BCUT2D eigenvalue weighted by atomic mass is 16.2. The van der Waals surface area contributed by atoms with Gasteiger partial charge in [0.2, 0.25) is 0 Å². The molecule has 0 saturated heterocycles. The zero-order valence-corrected chi connectivity index (χ0v) is 11.5. The number of nitrogens with one attached hydrogen (secondary N) is 1. The molecule has 100 valence electrons. The lowest BCUT2D eigenvalue weighted by atomic mass is 10.0. The minimum absolute atomic E-state index is 0.219. The van der Waals surface area contributed by atoms with Crippen LogP contribution in [0.15, 0.2) is 24.4 Å². The van der Waals surface area contributed by atoms with E-state index in [1.54, 1.807) is 7.05 Å². The van der Waals surface area contributed by atoms with Crippen LogP contribution < -0.4 is 5.32 Å². The van der Waals surface area contributed by atoms with Crippen molar-refractivity contribution in [3.8, 4) is 0 Å². The Bertz CT molecular complexity index is 567. The third-order valence-corrected chi connectivity index (χ3v) is 3.07. The molecule has 1 heterocycles. The van der Waals surface area contributed by atoms with Crippen molar-refractivity contribution in [2.24, 2.45) is 7.05 Å². The van der Waals surface area contributed by atoms with Crippen LogP contribution in [0.3, 0.4) is 0 Å². The van der Waals surface area contributed by atoms with E-state index in [2.05, 4.69) is 29.4 Å². The molecule has 0 saturated carbocycles. The monoisotopic (exact) mass is 258 g/mol. The molecule has 1 amide bonds. The van der Waals surface area contributed by atoms with Crippen molar-refractivity contribution in [3.63, 3.8) is 0 Å². The molecule has 0 aliphatic carbocycles. The number of carbonyl (C=O) groups excluding carboxylic acids is 1. The summed E-state index contributed by atoms with van der Waals surface area (Å²) in [5, 5.41) is 10.9. The molecule has 19 heavy (non-hydrogen) atoms. The molecule has 0 bridgehead atoms. The third-order valence-electron chi connectivity index (χ3n) is 3.07. The maximum Gasteiger partial charge on any atom is 0.277 e. The Labute approximate surface area is 112 Å². The number of carbonyl (C=O) groups is 1. The molecule has 2 aromatic rings. The van der Waals surface area contributed by atoms with Gasteiger partial charge < -0.3 is 5.32 Å². The van der Waals surface area contributed by atoms with Crippen molar-refractivity contribution in [1.82, 2.24) is 15.0 Å². The molecule has 1 aromatic carbocycles. The predicted molar refractivity (Wildman–Crippen MR) is 74.2 cm³/mol. The molecular weight excluding hydrogens is 240 g/mol. The van der Waals surface area contributed by atoms with Crippen LogP contribution in [-0.4, -0.2) is 20.9 Å². The van der Waals surface area contributed by atoms with Gasteiger partial charge in [0.05, 0.1) is 6.20 Å². The minimum atomic E-state index is -0.219. The van der Waals surface area contributed by atoms with E-state index in [9.17, 15) is 4.79 Å². The highest BCUT2D eigenvalue weighted by molar-refractivity contribution is 6.03. The van der Waals surface area contributed by atoms with Gasteiger partial charge >= 0.3 is 0 Å². The molecule has 1 aromatic heterocycles. The summed E-state index contributed by atoms with van der Waals surface area (Å²) in [7, 11) is 1.69. The van der Waals surface area contributed by atoms with Crippen molar-refractivity contribution >= 4 is 11.6 Å². The molecule has 0 unspecified atom stereocenters. The van der Waals surface area contributed by atoms with Crippen LogP contribution in [0.25, 0.3) is 0 Å². The summed E-state index contributed by atoms with van der Waals surface area (Å²) >= 11 is 0. The average molecular weight is 258 g/mol. The molecule has 0 spiro atoms. The summed E-state index contributed by atoms with van der Waals surface area (Å²) in [5.41, 5.74) is 3.51. The van der Waals surface area contributed by atoms with Gasteiger partial charge in [0, 0.05) is 12.7 Å². The second-order valence-electron chi connectivity index (χ2n) is 4.33. The first-order valence-electron chi connectivity index (χ1n) is 6.44. The van der Waals surface area contributed by atoms with Gasteiger partial charge in [-0.1, -0.05) is 32.0 Å². The van der Waals surface area contributed by atoms with E-state index in [1.807, 2.05) is 18.2 Å². The lowest BCUT2D eigenvalue weighted by Gasteiger charge is -2.13. The van der Waals surface area contributed by atoms with Gasteiger partial charge in [0.1, 0.15) is 0 Å². The number of amides is 1. The van der Waals surface area contributed by atoms with Crippen molar-refractivity contribution in [3.05, 3.63) is 41.2 Å². The fraction of sp³-hybridized carbons (Fsp3) is 0.357. The van der Waals surface area contributed by atoms with E-state index in [-0.39, 0.29) is 5.91 Å². The average Bonchev–Trinajstić information content (AvgIpc) is 2.85. The Morgan fingerprint density at radius 1 is 1.26 bits per heavy atom. The number of aryl methyl sites for hydroxylation is 3. The SMILES string of the molecule is CCc1cccc(CC)c1NC(=O)c1cnn(C)n1. The highest BCUT2D eigenvalue weighted by Gasteiger charge is 2.14. The molecule has 1 N–H and O–H groups in total. The standard InChI is InChI=1S/C14H18N4O/c1-4-10-7-6-8-11(5-2)13(10)16-14(19)12-9-15-18(3)17-12/h6-9H,4-5H2,1-3H3,(H,16,19). The number of nitrogens with zero attached hydrogens (tertiary/aromatic N) is 3. The maximum atomic E-state index is 12.1. The quantitative estimate of drug-likeness (QED) is 0.914. The Kier molecular flexibility index (Phi) is 3.94. The van der Waals surface area contributed by atoms with Crippen molar-refractivity contribution < 1.29 is 4.79 Å². The first-order chi connectivity index (χ1) is 9.15. The Morgan fingerprint density at radius 2 is 1.89 bits per heavy atom. The number of hydrogen-bond donors (Lipinski definition) is 1. The lowest BCUT2D eigenvalue weighted by Crippen LogP contribution is -2.15. The fourth-order valence-corrected chi connectivity index (χ4v) is 2.03. The van der Waals surface area contributed by atoms with Crippen LogP contribution in [0, 0.1) is 0 Å². The van der Waals surface area contributed by atoms with E-state index < -0.39 is 0 Å². The number of rotatable bonds is 4. The Hall–Kier alpha value is -2.17. The number of benzene rings is 1. The van der Waals surface area contributed by atoms with Gasteiger partial charge in [0.25, 0.3) is 5.91 Å². The summed E-state index contributed by atoms with van der Waals surface area (Å²) in [6.07, 6.45) is 3.23. The summed E-state index contributed by atoms with van der Waals surface area (Å²) in [5.74, 6) is -0.219. The van der Waals surface area contributed by atoms with Crippen LogP contribution in [-0.2, 0) is 19.9 Å². The molecule has 0 aliphatic rings. The van der Waals surface area contributed by atoms with Gasteiger partial charge in [-0.3, -0.25) is 4.79 Å². The van der Waals surface area contributed by atoms with Gasteiger partial charge in [-0.25, -0.2) is 0 Å². The van der Waals surface area contributed by atoms with E-state index in [0.29, 0.717) is 5.69 Å². The molecule has 0 fully saturated rings. The fourth-order valence-electron chi connectivity index (χ4n) is 2.03. The lowest BCUT2D eigenvalue weighted by molar-refractivity contribution is 0.102. The smallest absolute Gasteiger partial charge is 0.277 e. The molecule has 2 rings (SSSR count). The molecule has 5 heteroatoms. The van der Waals surface area contributed by atoms with Crippen LogP contribution in [0.4, 0.5) is 5.69 Å². The predicted octanol–water partition coefficient (Wildman–Crippen LogP) is 2.19. The number of anilines is 1. The normalized spacial score (nSPS) is 10.5. The van der Waals surface area contributed by atoms with Gasteiger partial charge in [0.15, 0.2) is 5.69 Å². The number of hydrogen-bond acceptors (Lipinski definition) is 3. The highest BCUT2D eigenvalue weighted by Crippen LogP contribution is 2.23. The summed E-state index contributed by atoms with van der Waals surface area (Å²) < 4.78 is 0. The van der Waals surface area contributed by atoms with Crippen LogP contribution in [0.5, 0.6) is 0 Å². The maximum absolute atomic E-state index is 12.1. The van der Waals surface area contributed by atoms with E-state index in [1.165, 1.54) is 11.0 Å². The van der Waals surface area contributed by atoms with Crippen LogP contribution in [0.2, 0.25) is 0 Å². The number of aromatic nitrogens is 3. The Morgan fingerprint density at radius 3 is 2.37 bits per heavy atom. The van der Waals surface area contributed by atoms with Crippen LogP contribution in [0.1, 0.15) is 35.5 Å². The zero-order chi connectivity index (χ0) is 13.8. The zero-order valence-electron chi connectivity index (χ0n) is 11.5. The first kappa shape index (κ1) is 13.3. The van der Waals surface area contributed by atoms with E-state index >= 15 is 0 Å². The molecule has 0 aliphatic heterocycles. The second-order valence-corrected chi connectivity index (χ2v) is 4.33. The van der Waals surface area contributed by atoms with Crippen molar-refractivity contribution in [2.45, 2.75) is 26.7 Å². The summed E-state index contributed by atoms with van der Waals surface area (Å²) in [4.78, 5) is 13.5. The van der Waals surface area contributed by atoms with E-state index in [0.717, 1.165) is 29.7 Å². The summed E-state index contributed by atoms with van der Waals surface area (Å²) in [6, 6.07) is 6.09. The van der Waals surface area contributed by atoms with Crippen molar-refractivity contribution in [2.75, 3.05) is 5.32 Å². The molecular formula is C14H18N4O. The minimum Gasteiger partial charge on any atom is -0.320 e. The van der Waals surface area contributed by atoms with E-state index in [4.69, 9.17) is 0 Å². The summed E-state index contributed by atoms with van der Waals surface area (Å²) in [6.45, 7) is 4.15. The van der Waals surface area contributed by atoms with Gasteiger partial charge in [-0.2, -0.15) is 9.90 Å². The van der Waals surface area contributed by atoms with Crippen molar-refractivity contribution in [1.29, 1.82) is 0 Å². The first-order valence-corrected chi connectivity index (χ1v) is 6.44. The van der Waals surface area contributed by atoms with Crippen LogP contribution >= 0.6 is 0 Å². The topological polar surface area (TPSA) is 59.8 Å². The second kappa shape index (κ2) is 5.65. The number of para-hydroxylation sites is 1. The molecule has 5 nitrogen and oxygen atoms in total. The van der Waals surface area contributed by atoms with Gasteiger partial charge in [-0.15, -0.1) is 5.10 Å². The largest absolute Gasteiger partial charge is 0.320 e. The Balaban J connectivity index is 2.30.